The molecule has 1 unspecified atom stereocenters. The lowest BCUT2D eigenvalue weighted by Gasteiger charge is -2.35. The van der Waals surface area contributed by atoms with Crippen molar-refractivity contribution in [2.45, 2.75) is 26.9 Å². The number of halogens is 1. The SMILES string of the molecule is Cc1ccc(C)c(OCC(O)CN2CCN(CCOc3ccccc3Cl)CC2)c1C. The number of piperazine rings is 1. The van der Waals surface area contributed by atoms with Gasteiger partial charge >= 0.3 is 0 Å². The summed E-state index contributed by atoms with van der Waals surface area (Å²) in [4.78, 5) is 4.69. The second kappa shape index (κ2) is 11.0. The fourth-order valence-corrected chi connectivity index (χ4v) is 3.91. The first-order chi connectivity index (χ1) is 14.4. The standard InChI is InChI=1S/C24H33ClN2O3/c1-18-8-9-19(2)24(20(18)3)30-17-21(28)16-27-12-10-26(11-13-27)14-15-29-23-7-5-4-6-22(23)25/h4-9,21,28H,10-17H2,1-3H3. The van der Waals surface area contributed by atoms with E-state index in [4.69, 9.17) is 21.1 Å². The fourth-order valence-electron chi connectivity index (χ4n) is 3.72. The highest BCUT2D eigenvalue weighted by Crippen LogP contribution is 2.26. The number of hydrogen-bond donors (Lipinski definition) is 1. The minimum Gasteiger partial charge on any atom is -0.491 e. The molecular weight excluding hydrogens is 400 g/mol. The molecule has 0 saturated carbocycles. The zero-order chi connectivity index (χ0) is 21.5. The first-order valence-electron chi connectivity index (χ1n) is 10.6. The first-order valence-corrected chi connectivity index (χ1v) is 11.0. The average molecular weight is 433 g/mol. The van der Waals surface area contributed by atoms with Crippen LogP contribution in [0.5, 0.6) is 11.5 Å². The number of ether oxygens (including phenoxy) is 2. The Hall–Kier alpha value is -1.79. The second-order valence-electron chi connectivity index (χ2n) is 8.04. The number of rotatable bonds is 9. The second-order valence-corrected chi connectivity index (χ2v) is 8.45. The largest absolute Gasteiger partial charge is 0.491 e. The fraction of sp³-hybridized carbons (Fsp3) is 0.500. The van der Waals surface area contributed by atoms with Crippen molar-refractivity contribution in [3.05, 3.63) is 58.1 Å². The summed E-state index contributed by atoms with van der Waals surface area (Å²) in [5.74, 6) is 1.64. The molecule has 0 aliphatic carbocycles. The van der Waals surface area contributed by atoms with Gasteiger partial charge in [0.2, 0.25) is 0 Å². The van der Waals surface area contributed by atoms with E-state index in [2.05, 4.69) is 35.8 Å². The molecule has 164 valence electrons. The predicted octanol–water partition coefficient (Wildman–Crippen LogP) is 3.70. The molecule has 1 heterocycles. The molecule has 0 spiro atoms. The van der Waals surface area contributed by atoms with Crippen molar-refractivity contribution in [2.75, 3.05) is 52.5 Å². The minimum absolute atomic E-state index is 0.316. The summed E-state index contributed by atoms with van der Waals surface area (Å²) >= 11 is 6.12. The van der Waals surface area contributed by atoms with Gasteiger partial charge in [-0.2, -0.15) is 0 Å². The molecule has 1 N–H and O–H groups in total. The minimum atomic E-state index is -0.501. The van der Waals surface area contributed by atoms with E-state index >= 15 is 0 Å². The van der Waals surface area contributed by atoms with Crippen LogP contribution in [0.1, 0.15) is 16.7 Å². The monoisotopic (exact) mass is 432 g/mol. The van der Waals surface area contributed by atoms with Gasteiger partial charge in [0.15, 0.2) is 0 Å². The van der Waals surface area contributed by atoms with E-state index < -0.39 is 6.10 Å². The van der Waals surface area contributed by atoms with E-state index in [1.165, 1.54) is 5.56 Å². The lowest BCUT2D eigenvalue weighted by Crippen LogP contribution is -2.50. The van der Waals surface area contributed by atoms with Crippen LogP contribution in [-0.4, -0.2) is 73.5 Å². The summed E-state index contributed by atoms with van der Waals surface area (Å²) in [7, 11) is 0. The van der Waals surface area contributed by atoms with Gasteiger partial charge in [0, 0.05) is 39.3 Å². The molecule has 1 aliphatic rings. The number of para-hydroxylation sites is 1. The zero-order valence-electron chi connectivity index (χ0n) is 18.2. The number of hydrogen-bond acceptors (Lipinski definition) is 5. The van der Waals surface area contributed by atoms with Gasteiger partial charge in [-0.25, -0.2) is 0 Å². The topological polar surface area (TPSA) is 45.2 Å². The smallest absolute Gasteiger partial charge is 0.137 e. The van der Waals surface area contributed by atoms with E-state index in [0.717, 1.165) is 55.3 Å². The van der Waals surface area contributed by atoms with Gasteiger partial charge in [0.25, 0.3) is 0 Å². The van der Waals surface area contributed by atoms with Crippen LogP contribution in [0.4, 0.5) is 0 Å². The van der Waals surface area contributed by atoms with Crippen molar-refractivity contribution in [3.63, 3.8) is 0 Å². The molecule has 2 aromatic carbocycles. The summed E-state index contributed by atoms with van der Waals surface area (Å²) in [5.41, 5.74) is 3.47. The maximum absolute atomic E-state index is 10.5. The molecule has 0 aromatic heterocycles. The van der Waals surface area contributed by atoms with Crippen LogP contribution in [0.15, 0.2) is 36.4 Å². The summed E-state index contributed by atoms with van der Waals surface area (Å²) in [6, 6.07) is 11.7. The highest BCUT2D eigenvalue weighted by atomic mass is 35.5. The molecule has 1 aliphatic heterocycles. The highest BCUT2D eigenvalue weighted by molar-refractivity contribution is 6.32. The van der Waals surface area contributed by atoms with Crippen molar-refractivity contribution >= 4 is 11.6 Å². The van der Waals surface area contributed by atoms with E-state index in [0.29, 0.717) is 24.8 Å². The van der Waals surface area contributed by atoms with Gasteiger partial charge in [-0.15, -0.1) is 0 Å². The molecule has 2 aromatic rings. The van der Waals surface area contributed by atoms with Crippen molar-refractivity contribution in [3.8, 4) is 11.5 Å². The van der Waals surface area contributed by atoms with Gasteiger partial charge in [0.05, 0.1) is 5.02 Å². The summed E-state index contributed by atoms with van der Waals surface area (Å²) in [6.45, 7) is 12.4. The Balaban J connectivity index is 1.35. The van der Waals surface area contributed by atoms with Gasteiger partial charge < -0.3 is 14.6 Å². The molecule has 1 fully saturated rings. The molecule has 1 saturated heterocycles. The average Bonchev–Trinajstić information content (AvgIpc) is 2.73. The van der Waals surface area contributed by atoms with Crippen LogP contribution >= 0.6 is 11.6 Å². The maximum Gasteiger partial charge on any atom is 0.137 e. The van der Waals surface area contributed by atoms with Gasteiger partial charge in [-0.3, -0.25) is 9.80 Å². The first kappa shape index (κ1) is 22.9. The Morgan fingerprint density at radius 1 is 0.933 bits per heavy atom. The van der Waals surface area contributed by atoms with Crippen LogP contribution in [0.2, 0.25) is 5.02 Å². The number of benzene rings is 2. The predicted molar refractivity (Wildman–Crippen MR) is 122 cm³/mol. The van der Waals surface area contributed by atoms with Crippen LogP contribution < -0.4 is 9.47 Å². The van der Waals surface area contributed by atoms with E-state index in [1.54, 1.807) is 0 Å². The van der Waals surface area contributed by atoms with Crippen molar-refractivity contribution in [2.24, 2.45) is 0 Å². The molecule has 0 amide bonds. The molecule has 6 heteroatoms. The van der Waals surface area contributed by atoms with Crippen LogP contribution in [0.3, 0.4) is 0 Å². The molecule has 30 heavy (non-hydrogen) atoms. The summed E-state index contributed by atoms with van der Waals surface area (Å²) < 4.78 is 11.8. The Morgan fingerprint density at radius 3 is 2.33 bits per heavy atom. The molecule has 1 atom stereocenters. The summed E-state index contributed by atoms with van der Waals surface area (Å²) in [5, 5.41) is 11.1. The Morgan fingerprint density at radius 2 is 1.60 bits per heavy atom. The third-order valence-corrected chi connectivity index (χ3v) is 6.04. The Labute approximate surface area is 185 Å². The Bertz CT molecular complexity index is 822. The molecule has 0 radical (unpaired) electrons. The normalized spacial score (nSPS) is 16.4. The Kier molecular flexibility index (Phi) is 8.40. The van der Waals surface area contributed by atoms with E-state index in [1.807, 2.05) is 31.2 Å². The number of aryl methyl sites for hydroxylation is 2. The number of aliphatic hydroxyl groups excluding tert-OH is 1. The maximum atomic E-state index is 10.5. The molecule has 5 nitrogen and oxygen atoms in total. The van der Waals surface area contributed by atoms with Crippen LogP contribution in [0.25, 0.3) is 0 Å². The van der Waals surface area contributed by atoms with Crippen LogP contribution in [-0.2, 0) is 0 Å². The molecular formula is C24H33ClN2O3. The lowest BCUT2D eigenvalue weighted by atomic mass is 10.1. The third-order valence-electron chi connectivity index (χ3n) is 5.73. The molecule has 3 rings (SSSR count). The van der Waals surface area contributed by atoms with Crippen molar-refractivity contribution < 1.29 is 14.6 Å². The van der Waals surface area contributed by atoms with Crippen molar-refractivity contribution in [1.29, 1.82) is 0 Å². The highest BCUT2D eigenvalue weighted by Gasteiger charge is 2.20. The zero-order valence-corrected chi connectivity index (χ0v) is 19.0. The lowest BCUT2D eigenvalue weighted by molar-refractivity contribution is 0.0433. The van der Waals surface area contributed by atoms with E-state index in [9.17, 15) is 5.11 Å². The van der Waals surface area contributed by atoms with Gasteiger partial charge in [0.1, 0.15) is 30.8 Å². The third kappa shape index (κ3) is 6.35. The van der Waals surface area contributed by atoms with Gasteiger partial charge in [-0.05, 0) is 49.6 Å². The quantitative estimate of drug-likeness (QED) is 0.654. The van der Waals surface area contributed by atoms with Crippen LogP contribution in [0, 0.1) is 20.8 Å². The van der Waals surface area contributed by atoms with Gasteiger partial charge in [-0.1, -0.05) is 35.9 Å². The number of β-amino-alcohol motifs (C(OH)–C–C–N with tert-alkyl or cyclic N) is 1. The summed E-state index contributed by atoms with van der Waals surface area (Å²) in [6.07, 6.45) is -0.501. The number of nitrogens with zero attached hydrogens (tertiary/aromatic N) is 2. The van der Waals surface area contributed by atoms with Crippen molar-refractivity contribution in [1.82, 2.24) is 9.80 Å². The van der Waals surface area contributed by atoms with E-state index in [-0.39, 0.29) is 0 Å². The number of aliphatic hydroxyl groups is 1. The molecule has 0 bridgehead atoms.